The molecule has 0 bridgehead atoms. The third-order valence-corrected chi connectivity index (χ3v) is 4.34. The van der Waals surface area contributed by atoms with E-state index in [4.69, 9.17) is 0 Å². The van der Waals surface area contributed by atoms with Crippen LogP contribution in [0.25, 0.3) is 0 Å². The Morgan fingerprint density at radius 3 is 2.26 bits per heavy atom. The molecule has 0 spiro atoms. The van der Waals surface area contributed by atoms with E-state index in [1.807, 2.05) is 44.2 Å². The predicted octanol–water partition coefficient (Wildman–Crippen LogP) is 3.46. The number of aliphatic carboxylic acids is 1. The first-order chi connectivity index (χ1) is 11.0. The van der Waals surface area contributed by atoms with Crippen LogP contribution < -0.4 is 0 Å². The monoisotopic (exact) mass is 309 g/mol. The highest BCUT2D eigenvalue weighted by atomic mass is 16.4. The molecule has 0 saturated heterocycles. The van der Waals surface area contributed by atoms with Gasteiger partial charge in [-0.05, 0) is 31.0 Å². The van der Waals surface area contributed by atoms with Gasteiger partial charge < -0.3 is 10.0 Å². The number of hydrogen-bond donors (Lipinski definition) is 1. The van der Waals surface area contributed by atoms with Crippen molar-refractivity contribution in [3.63, 3.8) is 0 Å². The molecule has 0 saturated carbocycles. The molecule has 2 aromatic carbocycles. The number of carbonyl (C=O) groups excluding carboxylic acids is 1. The molecule has 4 heteroatoms. The zero-order valence-electron chi connectivity index (χ0n) is 13.1. The largest absolute Gasteiger partial charge is 0.481 e. The lowest BCUT2D eigenvalue weighted by Crippen LogP contribution is -2.48. The van der Waals surface area contributed by atoms with E-state index in [9.17, 15) is 14.7 Å². The van der Waals surface area contributed by atoms with E-state index in [0.717, 1.165) is 5.56 Å². The molecular weight excluding hydrogens is 290 g/mol. The second-order valence-electron chi connectivity index (χ2n) is 6.06. The number of benzene rings is 2. The average molecular weight is 309 g/mol. The molecule has 2 aromatic rings. The zero-order chi connectivity index (χ0) is 16.6. The maximum atomic E-state index is 12.9. The smallest absolute Gasteiger partial charge is 0.313 e. The number of carboxylic acids is 1. The van der Waals surface area contributed by atoms with E-state index < -0.39 is 17.9 Å². The molecule has 1 aliphatic heterocycles. The molecule has 1 amide bonds. The Morgan fingerprint density at radius 2 is 1.65 bits per heavy atom. The summed E-state index contributed by atoms with van der Waals surface area (Å²) in [5.41, 5.74) is 1.92. The van der Waals surface area contributed by atoms with Gasteiger partial charge in [-0.3, -0.25) is 9.59 Å². The number of nitrogens with zero attached hydrogens (tertiary/aromatic N) is 1. The van der Waals surface area contributed by atoms with Crippen LogP contribution in [0.1, 0.15) is 47.3 Å². The number of carboxylic acid groups (broad SMARTS) is 1. The van der Waals surface area contributed by atoms with Gasteiger partial charge in [0.25, 0.3) is 5.91 Å². The Hall–Kier alpha value is -2.62. The lowest BCUT2D eigenvalue weighted by atomic mass is 9.79. The topological polar surface area (TPSA) is 57.6 Å². The highest BCUT2D eigenvalue weighted by Gasteiger charge is 2.44. The molecule has 3 rings (SSSR count). The van der Waals surface area contributed by atoms with Gasteiger partial charge >= 0.3 is 5.97 Å². The van der Waals surface area contributed by atoms with Crippen molar-refractivity contribution < 1.29 is 14.7 Å². The molecule has 1 heterocycles. The first-order valence-electron chi connectivity index (χ1n) is 7.71. The Balaban J connectivity index is 2.25. The van der Waals surface area contributed by atoms with Crippen LogP contribution in [0, 0.1) is 0 Å². The molecule has 2 atom stereocenters. The number of amides is 1. The van der Waals surface area contributed by atoms with Gasteiger partial charge in [0.2, 0.25) is 0 Å². The second kappa shape index (κ2) is 5.88. The third kappa shape index (κ3) is 2.50. The fourth-order valence-corrected chi connectivity index (χ4v) is 3.39. The Kier molecular flexibility index (Phi) is 3.90. The normalized spacial score (nSPS) is 20.5. The van der Waals surface area contributed by atoms with Gasteiger partial charge in [0.05, 0.1) is 6.04 Å². The predicted molar refractivity (Wildman–Crippen MR) is 87.3 cm³/mol. The molecule has 0 aliphatic carbocycles. The van der Waals surface area contributed by atoms with Crippen LogP contribution in [0.2, 0.25) is 0 Å². The van der Waals surface area contributed by atoms with Crippen LogP contribution in [0.5, 0.6) is 0 Å². The summed E-state index contributed by atoms with van der Waals surface area (Å²) in [6.45, 7) is 3.83. The molecule has 118 valence electrons. The van der Waals surface area contributed by atoms with Crippen LogP contribution in [0.4, 0.5) is 0 Å². The molecule has 4 nitrogen and oxygen atoms in total. The van der Waals surface area contributed by atoms with Crippen molar-refractivity contribution in [2.24, 2.45) is 0 Å². The zero-order valence-corrected chi connectivity index (χ0v) is 13.1. The van der Waals surface area contributed by atoms with Crippen molar-refractivity contribution >= 4 is 11.9 Å². The van der Waals surface area contributed by atoms with E-state index in [-0.39, 0.29) is 11.9 Å². The highest BCUT2D eigenvalue weighted by Crippen LogP contribution is 2.43. The second-order valence-corrected chi connectivity index (χ2v) is 6.06. The molecular formula is C19H19NO3. The van der Waals surface area contributed by atoms with Crippen molar-refractivity contribution in [3.05, 3.63) is 71.3 Å². The minimum atomic E-state index is -0.913. The number of carbonyl (C=O) groups is 2. The highest BCUT2D eigenvalue weighted by molar-refractivity contribution is 6.00. The first kappa shape index (κ1) is 15.3. The minimum absolute atomic E-state index is 0.0945. The van der Waals surface area contributed by atoms with Crippen LogP contribution in [0.3, 0.4) is 0 Å². The van der Waals surface area contributed by atoms with Gasteiger partial charge in [0.15, 0.2) is 0 Å². The standard InChI is InChI=1S/C19H19NO3/c1-12(2)20-17(13-8-4-3-5-9-13)16(19(22)23)14-10-6-7-11-15(14)18(20)21/h3-12,16-17H,1-2H3,(H,22,23)/t16-,17-/m1/s1. The van der Waals surface area contributed by atoms with Crippen molar-refractivity contribution in [2.45, 2.75) is 31.8 Å². The van der Waals surface area contributed by atoms with E-state index >= 15 is 0 Å². The molecule has 1 aliphatic rings. The SMILES string of the molecule is CC(C)N1C(=O)c2ccccc2[C@@H](C(=O)O)[C@H]1c1ccccc1. The van der Waals surface area contributed by atoms with E-state index in [0.29, 0.717) is 11.1 Å². The van der Waals surface area contributed by atoms with Gasteiger partial charge in [-0.1, -0.05) is 48.5 Å². The van der Waals surface area contributed by atoms with E-state index in [2.05, 4.69) is 0 Å². The van der Waals surface area contributed by atoms with Crippen LogP contribution >= 0.6 is 0 Å². The lowest BCUT2D eigenvalue weighted by molar-refractivity contribution is -0.140. The summed E-state index contributed by atoms with van der Waals surface area (Å²) in [7, 11) is 0. The summed E-state index contributed by atoms with van der Waals surface area (Å²) in [6, 6.07) is 15.8. The van der Waals surface area contributed by atoms with Gasteiger partial charge in [0.1, 0.15) is 5.92 Å². The first-order valence-corrected chi connectivity index (χ1v) is 7.71. The fourth-order valence-electron chi connectivity index (χ4n) is 3.39. The Bertz CT molecular complexity index is 739. The van der Waals surface area contributed by atoms with Crippen LogP contribution in [-0.2, 0) is 4.79 Å². The van der Waals surface area contributed by atoms with E-state index in [1.54, 1.807) is 29.2 Å². The minimum Gasteiger partial charge on any atom is -0.481 e. The summed E-state index contributed by atoms with van der Waals surface area (Å²) in [4.78, 5) is 26.7. The van der Waals surface area contributed by atoms with Gasteiger partial charge in [0, 0.05) is 11.6 Å². The Morgan fingerprint density at radius 1 is 1.04 bits per heavy atom. The maximum Gasteiger partial charge on any atom is 0.313 e. The van der Waals surface area contributed by atoms with Crippen LogP contribution in [-0.4, -0.2) is 27.9 Å². The molecule has 23 heavy (non-hydrogen) atoms. The van der Waals surface area contributed by atoms with Crippen molar-refractivity contribution in [1.29, 1.82) is 0 Å². The quantitative estimate of drug-likeness (QED) is 0.944. The molecule has 0 unspecified atom stereocenters. The van der Waals surface area contributed by atoms with Crippen molar-refractivity contribution in [2.75, 3.05) is 0 Å². The van der Waals surface area contributed by atoms with E-state index in [1.165, 1.54) is 0 Å². The van der Waals surface area contributed by atoms with Crippen LogP contribution in [0.15, 0.2) is 54.6 Å². The summed E-state index contributed by atoms with van der Waals surface area (Å²) in [6.07, 6.45) is 0. The van der Waals surface area contributed by atoms with Gasteiger partial charge in [-0.15, -0.1) is 0 Å². The summed E-state index contributed by atoms with van der Waals surface area (Å²) in [5, 5.41) is 9.86. The van der Waals surface area contributed by atoms with Crippen molar-refractivity contribution in [3.8, 4) is 0 Å². The molecule has 0 fully saturated rings. The fraction of sp³-hybridized carbons (Fsp3) is 0.263. The molecule has 0 aromatic heterocycles. The van der Waals surface area contributed by atoms with Gasteiger partial charge in [-0.2, -0.15) is 0 Å². The number of fused-ring (bicyclic) bond motifs is 1. The average Bonchev–Trinajstić information content (AvgIpc) is 2.54. The molecule has 1 N–H and O–H groups in total. The van der Waals surface area contributed by atoms with Crippen molar-refractivity contribution in [1.82, 2.24) is 4.90 Å². The summed E-state index contributed by atoms with van der Waals surface area (Å²) in [5.74, 6) is -1.79. The summed E-state index contributed by atoms with van der Waals surface area (Å²) < 4.78 is 0. The number of rotatable bonds is 3. The molecule has 0 radical (unpaired) electrons. The number of hydrogen-bond acceptors (Lipinski definition) is 2. The Labute approximate surface area is 135 Å². The lowest BCUT2D eigenvalue weighted by Gasteiger charge is -2.43. The maximum absolute atomic E-state index is 12.9. The summed E-state index contributed by atoms with van der Waals surface area (Å²) >= 11 is 0. The van der Waals surface area contributed by atoms with Gasteiger partial charge in [-0.25, -0.2) is 0 Å². The third-order valence-electron chi connectivity index (χ3n) is 4.34.